The van der Waals surface area contributed by atoms with Crippen LogP contribution in [0.25, 0.3) is 5.65 Å². The first kappa shape index (κ1) is 16.4. The van der Waals surface area contributed by atoms with Crippen molar-refractivity contribution >= 4 is 11.6 Å². The first-order valence-corrected chi connectivity index (χ1v) is 8.94. The third-order valence-electron chi connectivity index (χ3n) is 4.84. The molecule has 1 aliphatic heterocycles. The summed E-state index contributed by atoms with van der Waals surface area (Å²) in [6.45, 7) is 1.25. The van der Waals surface area contributed by atoms with E-state index in [1.807, 2.05) is 35.4 Å². The molecule has 0 N–H and O–H groups in total. The van der Waals surface area contributed by atoms with Gasteiger partial charge in [-0.3, -0.25) is 9.78 Å². The molecule has 0 bridgehead atoms. The fraction of sp³-hybridized carbons (Fsp3) is 0.211. The maximum absolute atomic E-state index is 13.0. The topological polar surface area (TPSA) is 90.4 Å². The molecule has 9 heteroatoms. The highest BCUT2D eigenvalue weighted by Crippen LogP contribution is 2.32. The molecule has 0 aliphatic carbocycles. The Hall–Kier alpha value is -3.75. The average molecular weight is 375 g/mol. The highest BCUT2D eigenvalue weighted by atomic mass is 16.5. The number of carbonyl (C=O) groups is 1. The van der Waals surface area contributed by atoms with Gasteiger partial charge in [0.25, 0.3) is 5.91 Å². The summed E-state index contributed by atoms with van der Waals surface area (Å²) in [5.74, 6) is 0.242. The molecule has 1 atom stereocenters. The van der Waals surface area contributed by atoms with Crippen LogP contribution in [-0.4, -0.2) is 53.3 Å². The Morgan fingerprint density at radius 2 is 2.14 bits per heavy atom. The lowest BCUT2D eigenvalue weighted by Crippen LogP contribution is -2.44. The van der Waals surface area contributed by atoms with E-state index in [1.54, 1.807) is 24.5 Å². The van der Waals surface area contributed by atoms with Crippen LogP contribution in [-0.2, 0) is 11.3 Å². The summed E-state index contributed by atoms with van der Waals surface area (Å²) in [5, 5.41) is 11.9. The molecule has 5 heterocycles. The van der Waals surface area contributed by atoms with Crippen molar-refractivity contribution in [1.82, 2.24) is 34.3 Å². The molecule has 0 spiro atoms. The Morgan fingerprint density at radius 1 is 1.18 bits per heavy atom. The van der Waals surface area contributed by atoms with Crippen molar-refractivity contribution < 1.29 is 9.53 Å². The molecule has 140 valence electrons. The molecule has 9 nitrogen and oxygen atoms in total. The molecular formula is C19H17N7O2. The van der Waals surface area contributed by atoms with E-state index in [-0.39, 0.29) is 18.6 Å². The van der Waals surface area contributed by atoms with E-state index in [2.05, 4.69) is 24.8 Å². The van der Waals surface area contributed by atoms with Gasteiger partial charge in [0, 0.05) is 43.4 Å². The van der Waals surface area contributed by atoms with Gasteiger partial charge in [-0.05, 0) is 29.8 Å². The SMILES string of the molecule is O=C(COc1ccc2nncn2n1)N1CCn2cccc2C1c1cccnc1. The van der Waals surface area contributed by atoms with Gasteiger partial charge in [0.1, 0.15) is 6.33 Å². The van der Waals surface area contributed by atoms with Gasteiger partial charge in [0.15, 0.2) is 12.3 Å². The number of aromatic nitrogens is 6. The second kappa shape index (κ2) is 6.76. The van der Waals surface area contributed by atoms with Crippen molar-refractivity contribution in [3.8, 4) is 5.88 Å². The third kappa shape index (κ3) is 2.86. The van der Waals surface area contributed by atoms with E-state index in [0.29, 0.717) is 18.1 Å². The predicted octanol–water partition coefficient (Wildman–Crippen LogP) is 1.33. The lowest BCUT2D eigenvalue weighted by molar-refractivity contribution is -0.136. The summed E-state index contributed by atoms with van der Waals surface area (Å²) in [6, 6.07) is 11.1. The number of amides is 1. The minimum absolute atomic E-state index is 0.0991. The van der Waals surface area contributed by atoms with Gasteiger partial charge in [-0.1, -0.05) is 6.07 Å². The van der Waals surface area contributed by atoms with Gasteiger partial charge < -0.3 is 14.2 Å². The number of nitrogens with zero attached hydrogens (tertiary/aromatic N) is 7. The highest BCUT2D eigenvalue weighted by Gasteiger charge is 2.32. The van der Waals surface area contributed by atoms with Crippen molar-refractivity contribution in [2.75, 3.05) is 13.2 Å². The third-order valence-corrected chi connectivity index (χ3v) is 4.84. The van der Waals surface area contributed by atoms with Gasteiger partial charge in [0.05, 0.1) is 6.04 Å². The minimum atomic E-state index is -0.193. The van der Waals surface area contributed by atoms with E-state index in [1.165, 1.54) is 10.8 Å². The lowest BCUT2D eigenvalue weighted by Gasteiger charge is -2.37. The standard InChI is InChI=1S/C19H17N7O2/c27-18(12-28-17-6-5-16-22-21-13-26(16)23-17)25-10-9-24-8-2-4-15(24)19(25)14-3-1-7-20-11-14/h1-8,11,13,19H,9-10,12H2. The molecule has 4 aromatic rings. The van der Waals surface area contributed by atoms with Crippen molar-refractivity contribution in [1.29, 1.82) is 0 Å². The zero-order valence-corrected chi connectivity index (χ0v) is 14.9. The molecule has 0 saturated carbocycles. The van der Waals surface area contributed by atoms with Crippen LogP contribution in [0.4, 0.5) is 0 Å². The normalized spacial score (nSPS) is 16.1. The summed E-state index contributed by atoms with van der Waals surface area (Å²) in [5.41, 5.74) is 2.66. The van der Waals surface area contributed by atoms with Crippen LogP contribution in [0.1, 0.15) is 17.3 Å². The Labute approximate surface area is 160 Å². The molecule has 0 radical (unpaired) electrons. The summed E-state index contributed by atoms with van der Waals surface area (Å²) in [4.78, 5) is 19.1. The zero-order chi connectivity index (χ0) is 18.9. The molecule has 0 aromatic carbocycles. The second-order valence-corrected chi connectivity index (χ2v) is 6.50. The number of ether oxygens (including phenoxy) is 1. The minimum Gasteiger partial charge on any atom is -0.467 e. The summed E-state index contributed by atoms with van der Waals surface area (Å²) < 4.78 is 9.33. The van der Waals surface area contributed by atoms with E-state index in [0.717, 1.165) is 17.8 Å². The van der Waals surface area contributed by atoms with Gasteiger partial charge in [-0.25, -0.2) is 0 Å². The van der Waals surface area contributed by atoms with Crippen molar-refractivity contribution in [3.63, 3.8) is 0 Å². The molecule has 0 fully saturated rings. The van der Waals surface area contributed by atoms with Crippen LogP contribution in [0.2, 0.25) is 0 Å². The Bertz CT molecular complexity index is 1120. The van der Waals surface area contributed by atoms with Gasteiger partial charge in [-0.15, -0.1) is 15.3 Å². The van der Waals surface area contributed by atoms with Crippen LogP contribution < -0.4 is 4.74 Å². The number of hydrogen-bond donors (Lipinski definition) is 0. The smallest absolute Gasteiger partial charge is 0.261 e. The van der Waals surface area contributed by atoms with E-state index in [4.69, 9.17) is 4.74 Å². The number of pyridine rings is 1. The van der Waals surface area contributed by atoms with E-state index < -0.39 is 0 Å². The average Bonchev–Trinajstić information content (AvgIpc) is 3.40. The van der Waals surface area contributed by atoms with Gasteiger partial charge >= 0.3 is 0 Å². The van der Waals surface area contributed by atoms with E-state index >= 15 is 0 Å². The highest BCUT2D eigenvalue weighted by molar-refractivity contribution is 5.79. The van der Waals surface area contributed by atoms with Crippen molar-refractivity contribution in [3.05, 3.63) is 72.6 Å². The van der Waals surface area contributed by atoms with Crippen molar-refractivity contribution in [2.24, 2.45) is 0 Å². The molecular weight excluding hydrogens is 358 g/mol. The molecule has 0 saturated heterocycles. The van der Waals surface area contributed by atoms with Crippen LogP contribution in [0.15, 0.2) is 61.3 Å². The number of carbonyl (C=O) groups excluding carboxylic acids is 1. The van der Waals surface area contributed by atoms with Crippen LogP contribution in [0.5, 0.6) is 5.88 Å². The predicted molar refractivity (Wildman–Crippen MR) is 98.5 cm³/mol. The fourth-order valence-corrected chi connectivity index (χ4v) is 3.55. The lowest BCUT2D eigenvalue weighted by atomic mass is 10.0. The quantitative estimate of drug-likeness (QED) is 0.535. The maximum Gasteiger partial charge on any atom is 0.261 e. The van der Waals surface area contributed by atoms with Crippen LogP contribution >= 0.6 is 0 Å². The Balaban J connectivity index is 1.38. The van der Waals surface area contributed by atoms with Crippen LogP contribution in [0, 0.1) is 0 Å². The summed E-state index contributed by atoms with van der Waals surface area (Å²) in [7, 11) is 0. The molecule has 5 rings (SSSR count). The maximum atomic E-state index is 13.0. The van der Waals surface area contributed by atoms with E-state index in [9.17, 15) is 4.79 Å². The Kier molecular flexibility index (Phi) is 3.97. The number of fused-ring (bicyclic) bond motifs is 2. The molecule has 1 unspecified atom stereocenters. The van der Waals surface area contributed by atoms with Gasteiger partial charge in [0.2, 0.25) is 5.88 Å². The Morgan fingerprint density at radius 3 is 3.04 bits per heavy atom. The number of rotatable bonds is 4. The van der Waals surface area contributed by atoms with Gasteiger partial charge in [-0.2, -0.15) is 4.52 Å². The molecule has 4 aromatic heterocycles. The summed E-state index contributed by atoms with van der Waals surface area (Å²) in [6.07, 6.45) is 7.06. The van der Waals surface area contributed by atoms with Crippen molar-refractivity contribution in [2.45, 2.75) is 12.6 Å². The first-order chi connectivity index (χ1) is 13.8. The second-order valence-electron chi connectivity index (χ2n) is 6.50. The monoisotopic (exact) mass is 375 g/mol. The number of hydrogen-bond acceptors (Lipinski definition) is 6. The zero-order valence-electron chi connectivity index (χ0n) is 14.9. The molecule has 28 heavy (non-hydrogen) atoms. The molecule has 1 amide bonds. The molecule has 1 aliphatic rings. The largest absolute Gasteiger partial charge is 0.467 e. The van der Waals surface area contributed by atoms with Crippen LogP contribution in [0.3, 0.4) is 0 Å². The summed E-state index contributed by atoms with van der Waals surface area (Å²) >= 11 is 0. The first-order valence-electron chi connectivity index (χ1n) is 8.94. The fourth-order valence-electron chi connectivity index (χ4n) is 3.55.